The molecule has 6 heteroatoms. The summed E-state index contributed by atoms with van der Waals surface area (Å²) in [6, 6.07) is 5.76. The normalized spacial score (nSPS) is 12.8. The summed E-state index contributed by atoms with van der Waals surface area (Å²) >= 11 is 5.52. The Labute approximate surface area is 110 Å². The van der Waals surface area contributed by atoms with E-state index in [2.05, 4.69) is 10.4 Å². The maximum absolute atomic E-state index is 9.37. The second kappa shape index (κ2) is 6.04. The van der Waals surface area contributed by atoms with E-state index < -0.39 is 6.10 Å². The molecule has 1 unspecified atom stereocenters. The molecule has 1 atom stereocenters. The summed E-state index contributed by atoms with van der Waals surface area (Å²) in [6.45, 7) is 0.975. The van der Waals surface area contributed by atoms with E-state index >= 15 is 0 Å². The third kappa shape index (κ3) is 3.13. The van der Waals surface area contributed by atoms with Gasteiger partial charge in [-0.1, -0.05) is 0 Å². The topological polar surface area (TPSA) is 70.3 Å². The van der Waals surface area contributed by atoms with Crippen molar-refractivity contribution in [2.24, 2.45) is 0 Å². The van der Waals surface area contributed by atoms with Gasteiger partial charge in [-0.25, -0.2) is 0 Å². The lowest BCUT2D eigenvalue weighted by atomic mass is 10.2. The van der Waals surface area contributed by atoms with Gasteiger partial charge in [-0.05, 0) is 18.2 Å². The number of benzene rings is 1. The van der Waals surface area contributed by atoms with Gasteiger partial charge < -0.3 is 15.5 Å². The van der Waals surface area contributed by atoms with Crippen LogP contribution in [0.15, 0.2) is 24.4 Å². The number of nitrogens with zero attached hydrogens (tertiary/aromatic N) is 2. The molecule has 3 N–H and O–H groups in total. The molecule has 2 aromatic rings. The van der Waals surface area contributed by atoms with Crippen LogP contribution in [0.2, 0.25) is 0 Å². The number of aliphatic hydroxyl groups excluding tert-OH is 2. The van der Waals surface area contributed by atoms with Gasteiger partial charge in [0, 0.05) is 23.8 Å². The Hall–Kier alpha value is -1.30. The maximum atomic E-state index is 9.37. The van der Waals surface area contributed by atoms with Crippen molar-refractivity contribution in [3.8, 4) is 0 Å². The first-order chi connectivity index (χ1) is 8.72. The molecule has 1 aromatic carbocycles. The molecule has 1 heterocycles. The van der Waals surface area contributed by atoms with E-state index in [1.54, 1.807) is 4.68 Å². The van der Waals surface area contributed by atoms with Crippen LogP contribution in [0.5, 0.6) is 0 Å². The van der Waals surface area contributed by atoms with E-state index in [9.17, 15) is 5.11 Å². The van der Waals surface area contributed by atoms with E-state index in [4.69, 9.17) is 16.7 Å². The number of hydrogen-bond donors (Lipinski definition) is 3. The SMILES string of the molecule is OCCn1cc2cc(NCC(O)CCl)ccc2n1. The Morgan fingerprint density at radius 2 is 2.28 bits per heavy atom. The molecule has 5 nitrogen and oxygen atoms in total. The quantitative estimate of drug-likeness (QED) is 0.686. The fraction of sp³-hybridized carbons (Fsp3) is 0.417. The van der Waals surface area contributed by atoms with Crippen LogP contribution in [-0.4, -0.2) is 45.1 Å². The highest BCUT2D eigenvalue weighted by molar-refractivity contribution is 6.18. The predicted molar refractivity (Wildman–Crippen MR) is 72.0 cm³/mol. The van der Waals surface area contributed by atoms with Crippen molar-refractivity contribution >= 4 is 28.2 Å². The van der Waals surface area contributed by atoms with E-state index in [0.29, 0.717) is 13.1 Å². The number of aromatic nitrogens is 2. The molecule has 2 rings (SSSR count). The number of nitrogens with one attached hydrogen (secondary N) is 1. The molecular formula is C12H16ClN3O2. The van der Waals surface area contributed by atoms with E-state index in [1.807, 2.05) is 24.4 Å². The van der Waals surface area contributed by atoms with Crippen LogP contribution in [0.3, 0.4) is 0 Å². The van der Waals surface area contributed by atoms with Crippen LogP contribution < -0.4 is 5.32 Å². The summed E-state index contributed by atoms with van der Waals surface area (Å²) in [7, 11) is 0. The largest absolute Gasteiger partial charge is 0.394 e. The minimum absolute atomic E-state index is 0.0704. The number of rotatable bonds is 6. The standard InChI is InChI=1S/C12H16ClN3O2/c13-6-11(18)7-14-10-1-2-12-9(5-10)8-16(15-12)3-4-17/h1-2,5,8,11,14,17-18H,3-4,6-7H2. The number of hydrogen-bond acceptors (Lipinski definition) is 4. The molecule has 0 aliphatic rings. The second-order valence-electron chi connectivity index (χ2n) is 4.08. The highest BCUT2D eigenvalue weighted by Crippen LogP contribution is 2.18. The van der Waals surface area contributed by atoms with Crippen LogP contribution in [-0.2, 0) is 6.54 Å². The second-order valence-corrected chi connectivity index (χ2v) is 4.39. The average molecular weight is 270 g/mol. The molecule has 1 aromatic heterocycles. The first-order valence-electron chi connectivity index (χ1n) is 5.79. The van der Waals surface area contributed by atoms with Gasteiger partial charge in [-0.3, -0.25) is 4.68 Å². The molecule has 0 spiro atoms. The fourth-order valence-electron chi connectivity index (χ4n) is 1.69. The zero-order chi connectivity index (χ0) is 13.0. The molecule has 18 heavy (non-hydrogen) atoms. The molecule has 98 valence electrons. The summed E-state index contributed by atoms with van der Waals surface area (Å²) in [5.41, 5.74) is 1.79. The first kappa shape index (κ1) is 13.1. The summed E-state index contributed by atoms with van der Waals surface area (Å²) in [5.74, 6) is 0.212. The van der Waals surface area contributed by atoms with Gasteiger partial charge in [0.05, 0.1) is 30.7 Å². The maximum Gasteiger partial charge on any atom is 0.0924 e. The number of aliphatic hydroxyl groups is 2. The van der Waals surface area contributed by atoms with Crippen molar-refractivity contribution in [2.75, 3.05) is 24.3 Å². The van der Waals surface area contributed by atoms with Gasteiger partial charge in [-0.15, -0.1) is 11.6 Å². The van der Waals surface area contributed by atoms with Crippen molar-refractivity contribution in [2.45, 2.75) is 12.6 Å². The Morgan fingerprint density at radius 3 is 3.00 bits per heavy atom. The van der Waals surface area contributed by atoms with Crippen LogP contribution in [0.4, 0.5) is 5.69 Å². The molecular weight excluding hydrogens is 254 g/mol. The monoisotopic (exact) mass is 269 g/mol. The average Bonchev–Trinajstić information content (AvgIpc) is 2.77. The van der Waals surface area contributed by atoms with Crippen LogP contribution in [0.25, 0.3) is 10.9 Å². The number of anilines is 1. The number of alkyl halides is 1. The Balaban J connectivity index is 2.11. The minimum Gasteiger partial charge on any atom is -0.394 e. The highest BCUT2D eigenvalue weighted by atomic mass is 35.5. The Morgan fingerprint density at radius 1 is 1.44 bits per heavy atom. The number of fused-ring (bicyclic) bond motifs is 1. The third-order valence-corrected chi connectivity index (χ3v) is 2.96. The summed E-state index contributed by atoms with van der Waals surface area (Å²) in [4.78, 5) is 0. The molecule has 0 saturated heterocycles. The van der Waals surface area contributed by atoms with E-state index in [-0.39, 0.29) is 12.5 Å². The molecule has 0 amide bonds. The van der Waals surface area contributed by atoms with E-state index in [1.165, 1.54) is 0 Å². The van der Waals surface area contributed by atoms with Crippen molar-refractivity contribution in [3.05, 3.63) is 24.4 Å². The Bertz CT molecular complexity index is 515. The first-order valence-corrected chi connectivity index (χ1v) is 6.32. The lowest BCUT2D eigenvalue weighted by Gasteiger charge is -2.09. The summed E-state index contributed by atoms with van der Waals surface area (Å²) in [5, 5.41) is 26.6. The molecule has 0 saturated carbocycles. The zero-order valence-electron chi connectivity index (χ0n) is 9.88. The van der Waals surface area contributed by atoms with Gasteiger partial charge in [-0.2, -0.15) is 5.10 Å². The molecule has 0 aliphatic carbocycles. The van der Waals surface area contributed by atoms with Crippen molar-refractivity contribution in [1.82, 2.24) is 9.78 Å². The van der Waals surface area contributed by atoms with Crippen molar-refractivity contribution in [3.63, 3.8) is 0 Å². The van der Waals surface area contributed by atoms with Crippen LogP contribution in [0, 0.1) is 0 Å². The predicted octanol–water partition coefficient (Wildman–Crippen LogP) is 1.04. The highest BCUT2D eigenvalue weighted by Gasteiger charge is 2.04. The van der Waals surface area contributed by atoms with Crippen LogP contribution >= 0.6 is 11.6 Å². The fourth-order valence-corrected chi connectivity index (χ4v) is 1.80. The number of halogens is 1. The van der Waals surface area contributed by atoms with Gasteiger partial charge >= 0.3 is 0 Å². The molecule has 0 radical (unpaired) electrons. The van der Waals surface area contributed by atoms with Gasteiger partial charge in [0.2, 0.25) is 0 Å². The summed E-state index contributed by atoms with van der Waals surface area (Å²) < 4.78 is 1.71. The van der Waals surface area contributed by atoms with Crippen molar-refractivity contribution < 1.29 is 10.2 Å². The van der Waals surface area contributed by atoms with Crippen LogP contribution in [0.1, 0.15) is 0 Å². The molecule has 0 fully saturated rings. The lowest BCUT2D eigenvalue weighted by molar-refractivity contribution is 0.211. The lowest BCUT2D eigenvalue weighted by Crippen LogP contribution is -2.20. The van der Waals surface area contributed by atoms with E-state index in [0.717, 1.165) is 16.6 Å². The summed E-state index contributed by atoms with van der Waals surface area (Å²) in [6.07, 6.45) is 1.33. The smallest absolute Gasteiger partial charge is 0.0924 e. The third-order valence-electron chi connectivity index (χ3n) is 2.60. The van der Waals surface area contributed by atoms with Gasteiger partial charge in [0.1, 0.15) is 0 Å². The molecule has 0 bridgehead atoms. The molecule has 0 aliphatic heterocycles. The Kier molecular flexibility index (Phi) is 4.41. The van der Waals surface area contributed by atoms with Gasteiger partial charge in [0.25, 0.3) is 0 Å². The van der Waals surface area contributed by atoms with Gasteiger partial charge in [0.15, 0.2) is 0 Å². The van der Waals surface area contributed by atoms with Crippen molar-refractivity contribution in [1.29, 1.82) is 0 Å². The minimum atomic E-state index is -0.556. The zero-order valence-corrected chi connectivity index (χ0v) is 10.6.